The number of hydrogen-bond acceptors (Lipinski definition) is 4. The second-order valence-electron chi connectivity index (χ2n) is 6.55. The molecular formula is C16H22O4. The Morgan fingerprint density at radius 3 is 1.30 bits per heavy atom. The molecule has 0 fully saturated rings. The highest BCUT2D eigenvalue weighted by Crippen LogP contribution is 2.18. The number of carbonyl (C=O) groups excluding carboxylic acids is 2. The quantitative estimate of drug-likeness (QED) is 0.776. The fourth-order valence-corrected chi connectivity index (χ4v) is 1.51. The van der Waals surface area contributed by atoms with E-state index in [1.54, 1.807) is 65.8 Å². The summed E-state index contributed by atoms with van der Waals surface area (Å²) >= 11 is 0. The average Bonchev–Trinajstić information content (AvgIpc) is 2.24. The fraction of sp³-hybridized carbons (Fsp3) is 0.500. The molecule has 0 atom stereocenters. The molecule has 0 N–H and O–H groups in total. The summed E-state index contributed by atoms with van der Waals surface area (Å²) in [6.07, 6.45) is 0. The van der Waals surface area contributed by atoms with Crippen LogP contribution >= 0.6 is 0 Å². The molecule has 0 bridgehead atoms. The third-order valence-corrected chi connectivity index (χ3v) is 2.16. The van der Waals surface area contributed by atoms with Gasteiger partial charge in [0.05, 0.1) is 11.1 Å². The first-order valence-corrected chi connectivity index (χ1v) is 6.55. The average molecular weight is 278 g/mol. The number of rotatable bonds is 2. The van der Waals surface area contributed by atoms with Gasteiger partial charge in [0.2, 0.25) is 0 Å². The Labute approximate surface area is 120 Å². The predicted octanol–water partition coefficient (Wildman–Crippen LogP) is 3.60. The standard InChI is InChI=1S/C16H22O4/c1-15(2,3)19-13(17)11-9-7-8-10-12(11)14(18)20-16(4,5)6/h7-10H,1-6H3. The molecule has 20 heavy (non-hydrogen) atoms. The second kappa shape index (κ2) is 5.65. The van der Waals surface area contributed by atoms with Crippen molar-refractivity contribution in [3.8, 4) is 0 Å². The van der Waals surface area contributed by atoms with Crippen molar-refractivity contribution in [2.45, 2.75) is 52.7 Å². The minimum absolute atomic E-state index is 0.219. The minimum Gasteiger partial charge on any atom is -0.456 e. The largest absolute Gasteiger partial charge is 0.456 e. The molecule has 110 valence electrons. The van der Waals surface area contributed by atoms with Gasteiger partial charge in [-0.05, 0) is 53.7 Å². The van der Waals surface area contributed by atoms with Crippen molar-refractivity contribution < 1.29 is 19.1 Å². The van der Waals surface area contributed by atoms with Crippen LogP contribution in [-0.2, 0) is 9.47 Å². The van der Waals surface area contributed by atoms with E-state index >= 15 is 0 Å². The van der Waals surface area contributed by atoms with E-state index in [1.165, 1.54) is 0 Å². The molecule has 0 aromatic heterocycles. The Kier molecular flexibility index (Phi) is 4.58. The number of esters is 2. The summed E-state index contributed by atoms with van der Waals surface area (Å²) in [6, 6.07) is 6.50. The summed E-state index contributed by atoms with van der Waals surface area (Å²) in [5.74, 6) is -1.06. The van der Waals surface area contributed by atoms with Crippen LogP contribution in [0.2, 0.25) is 0 Å². The van der Waals surface area contributed by atoms with Crippen LogP contribution in [0.1, 0.15) is 62.3 Å². The van der Waals surface area contributed by atoms with Crippen LogP contribution in [0.5, 0.6) is 0 Å². The highest BCUT2D eigenvalue weighted by Gasteiger charge is 2.25. The Morgan fingerprint density at radius 2 is 1.05 bits per heavy atom. The Morgan fingerprint density at radius 1 is 0.750 bits per heavy atom. The van der Waals surface area contributed by atoms with Gasteiger partial charge in [0.1, 0.15) is 11.2 Å². The van der Waals surface area contributed by atoms with Crippen LogP contribution in [0.15, 0.2) is 24.3 Å². The number of benzene rings is 1. The normalized spacial score (nSPS) is 11.9. The first-order valence-electron chi connectivity index (χ1n) is 6.55. The van der Waals surface area contributed by atoms with Gasteiger partial charge >= 0.3 is 11.9 Å². The van der Waals surface area contributed by atoms with E-state index in [1.807, 2.05) is 0 Å². The monoisotopic (exact) mass is 278 g/mol. The van der Waals surface area contributed by atoms with Crippen molar-refractivity contribution in [1.29, 1.82) is 0 Å². The summed E-state index contributed by atoms with van der Waals surface area (Å²) in [4.78, 5) is 24.2. The Bertz CT molecular complexity index is 457. The van der Waals surface area contributed by atoms with Gasteiger partial charge in [-0.1, -0.05) is 12.1 Å². The molecule has 0 aliphatic rings. The van der Waals surface area contributed by atoms with Crippen molar-refractivity contribution in [2.24, 2.45) is 0 Å². The lowest BCUT2D eigenvalue weighted by atomic mass is 10.1. The lowest BCUT2D eigenvalue weighted by Crippen LogP contribution is -2.27. The summed E-state index contributed by atoms with van der Waals surface area (Å²) in [7, 11) is 0. The molecule has 1 aromatic rings. The van der Waals surface area contributed by atoms with E-state index in [2.05, 4.69) is 0 Å². The highest BCUT2D eigenvalue weighted by molar-refractivity contribution is 6.03. The van der Waals surface area contributed by atoms with Gasteiger partial charge in [0.25, 0.3) is 0 Å². The molecule has 0 unspecified atom stereocenters. The minimum atomic E-state index is -0.613. The SMILES string of the molecule is CC(C)(C)OC(=O)c1ccccc1C(=O)OC(C)(C)C. The summed E-state index contributed by atoms with van der Waals surface area (Å²) in [5.41, 5.74) is -0.788. The first kappa shape index (κ1) is 16.2. The van der Waals surface area contributed by atoms with Crippen molar-refractivity contribution in [1.82, 2.24) is 0 Å². The van der Waals surface area contributed by atoms with Gasteiger partial charge in [-0.3, -0.25) is 0 Å². The lowest BCUT2D eigenvalue weighted by Gasteiger charge is -2.22. The zero-order chi connectivity index (χ0) is 15.6. The maximum absolute atomic E-state index is 12.1. The topological polar surface area (TPSA) is 52.6 Å². The van der Waals surface area contributed by atoms with E-state index in [9.17, 15) is 9.59 Å². The van der Waals surface area contributed by atoms with Crippen LogP contribution < -0.4 is 0 Å². The van der Waals surface area contributed by atoms with Gasteiger partial charge in [0.15, 0.2) is 0 Å². The summed E-state index contributed by atoms with van der Waals surface area (Å²) in [5, 5.41) is 0. The van der Waals surface area contributed by atoms with Gasteiger partial charge in [-0.2, -0.15) is 0 Å². The zero-order valence-corrected chi connectivity index (χ0v) is 12.9. The molecule has 0 aliphatic heterocycles. The van der Waals surface area contributed by atoms with Gasteiger partial charge in [-0.15, -0.1) is 0 Å². The zero-order valence-electron chi connectivity index (χ0n) is 12.9. The molecule has 0 saturated carbocycles. The molecule has 4 heteroatoms. The maximum atomic E-state index is 12.1. The molecule has 1 rings (SSSR count). The van der Waals surface area contributed by atoms with Crippen molar-refractivity contribution in [3.63, 3.8) is 0 Å². The molecule has 0 amide bonds. The number of carbonyl (C=O) groups is 2. The Balaban J connectivity index is 3.05. The van der Waals surface area contributed by atoms with E-state index in [0.29, 0.717) is 0 Å². The molecule has 0 radical (unpaired) electrons. The lowest BCUT2D eigenvalue weighted by molar-refractivity contribution is 0.00187. The van der Waals surface area contributed by atoms with Crippen molar-refractivity contribution in [3.05, 3.63) is 35.4 Å². The molecule has 0 heterocycles. The van der Waals surface area contributed by atoms with Crippen LogP contribution in [0.3, 0.4) is 0 Å². The third kappa shape index (κ3) is 5.03. The summed E-state index contributed by atoms with van der Waals surface area (Å²) < 4.78 is 10.6. The maximum Gasteiger partial charge on any atom is 0.339 e. The third-order valence-electron chi connectivity index (χ3n) is 2.16. The number of ether oxygens (including phenoxy) is 2. The molecule has 0 saturated heterocycles. The van der Waals surface area contributed by atoms with Crippen LogP contribution in [-0.4, -0.2) is 23.1 Å². The first-order chi connectivity index (χ1) is 8.99. The van der Waals surface area contributed by atoms with Crippen LogP contribution in [0, 0.1) is 0 Å². The predicted molar refractivity (Wildman–Crippen MR) is 76.8 cm³/mol. The molecule has 0 spiro atoms. The van der Waals surface area contributed by atoms with E-state index in [-0.39, 0.29) is 11.1 Å². The highest BCUT2D eigenvalue weighted by atomic mass is 16.6. The molecule has 1 aromatic carbocycles. The smallest absolute Gasteiger partial charge is 0.339 e. The molecular weight excluding hydrogens is 256 g/mol. The van der Waals surface area contributed by atoms with Gasteiger partial charge in [0, 0.05) is 0 Å². The van der Waals surface area contributed by atoms with E-state index < -0.39 is 23.1 Å². The van der Waals surface area contributed by atoms with Crippen LogP contribution in [0.4, 0.5) is 0 Å². The molecule has 0 aliphatic carbocycles. The number of hydrogen-bond donors (Lipinski definition) is 0. The van der Waals surface area contributed by atoms with Gasteiger partial charge in [-0.25, -0.2) is 9.59 Å². The van der Waals surface area contributed by atoms with Crippen LogP contribution in [0.25, 0.3) is 0 Å². The molecule has 4 nitrogen and oxygen atoms in total. The second-order valence-corrected chi connectivity index (χ2v) is 6.55. The van der Waals surface area contributed by atoms with E-state index in [0.717, 1.165) is 0 Å². The van der Waals surface area contributed by atoms with Crippen molar-refractivity contribution >= 4 is 11.9 Å². The van der Waals surface area contributed by atoms with Gasteiger partial charge < -0.3 is 9.47 Å². The van der Waals surface area contributed by atoms with Crippen molar-refractivity contribution in [2.75, 3.05) is 0 Å². The fourth-order valence-electron chi connectivity index (χ4n) is 1.51. The Hall–Kier alpha value is -1.84. The summed E-state index contributed by atoms with van der Waals surface area (Å²) in [6.45, 7) is 10.7. The van der Waals surface area contributed by atoms with E-state index in [4.69, 9.17) is 9.47 Å².